The van der Waals surface area contributed by atoms with Gasteiger partial charge in [0.15, 0.2) is 9.84 Å². The number of amides is 1. The summed E-state index contributed by atoms with van der Waals surface area (Å²) in [7, 11) is -3.41. The van der Waals surface area contributed by atoms with E-state index in [9.17, 15) is 13.2 Å². The first-order chi connectivity index (χ1) is 7.85. The molecule has 1 heterocycles. The Morgan fingerprint density at radius 1 is 1.41 bits per heavy atom. The summed E-state index contributed by atoms with van der Waals surface area (Å²) in [5.74, 6) is 0.0857. The molecule has 0 spiro atoms. The van der Waals surface area contributed by atoms with Crippen LogP contribution in [0.25, 0.3) is 0 Å². The fourth-order valence-electron chi connectivity index (χ4n) is 1.29. The van der Waals surface area contributed by atoms with E-state index in [-0.39, 0.29) is 6.54 Å². The summed E-state index contributed by atoms with van der Waals surface area (Å²) in [5, 5.41) is 0.927. The molecule has 0 aliphatic carbocycles. The smallest absolute Gasteiger partial charge is 0.238 e. The van der Waals surface area contributed by atoms with E-state index in [2.05, 4.69) is 5.32 Å². The number of furan rings is 1. The summed E-state index contributed by atoms with van der Waals surface area (Å²) in [6.07, 6.45) is 1.50. The quantitative estimate of drug-likeness (QED) is 0.859. The Morgan fingerprint density at radius 2 is 2.06 bits per heavy atom. The molecule has 1 aromatic rings. The van der Waals surface area contributed by atoms with Crippen molar-refractivity contribution in [2.24, 2.45) is 0 Å². The Labute approximate surface area is 101 Å². The van der Waals surface area contributed by atoms with Gasteiger partial charge in [0.2, 0.25) is 5.91 Å². The van der Waals surface area contributed by atoms with Crippen LogP contribution in [0.2, 0.25) is 0 Å². The van der Waals surface area contributed by atoms with Crippen LogP contribution in [0.5, 0.6) is 0 Å². The van der Waals surface area contributed by atoms with E-state index in [1.807, 2.05) is 0 Å². The van der Waals surface area contributed by atoms with Crippen LogP contribution in [0.3, 0.4) is 0 Å². The van der Waals surface area contributed by atoms with E-state index in [0.717, 1.165) is 0 Å². The van der Waals surface area contributed by atoms with Crippen molar-refractivity contribution >= 4 is 15.7 Å². The van der Waals surface area contributed by atoms with Gasteiger partial charge in [-0.25, -0.2) is 8.42 Å². The Kier molecular flexibility index (Phi) is 4.34. The Balaban J connectivity index is 2.59. The molecule has 0 aliphatic heterocycles. The summed E-state index contributed by atoms with van der Waals surface area (Å²) in [6.45, 7) is 4.72. The van der Waals surface area contributed by atoms with E-state index in [1.165, 1.54) is 13.2 Å². The van der Waals surface area contributed by atoms with Crippen molar-refractivity contribution in [3.8, 4) is 0 Å². The zero-order chi connectivity index (χ0) is 13.1. The number of carbonyl (C=O) groups excluding carboxylic acids is 1. The first-order valence-corrected chi connectivity index (χ1v) is 6.99. The molecule has 0 bridgehead atoms. The van der Waals surface area contributed by atoms with Gasteiger partial charge in [0, 0.05) is 0 Å². The molecule has 1 atom stereocenters. The standard InChI is InChI=1S/C11H17NO4S/c1-8(2)17(14,15)9(3)11(13)12-7-10-5-4-6-16-10/h4-6,8-9H,7H2,1-3H3,(H,12,13)/t9-/m1/s1. The maximum Gasteiger partial charge on any atom is 0.238 e. The van der Waals surface area contributed by atoms with E-state index in [4.69, 9.17) is 4.42 Å². The molecule has 0 radical (unpaired) electrons. The van der Waals surface area contributed by atoms with Gasteiger partial charge in [0.1, 0.15) is 11.0 Å². The van der Waals surface area contributed by atoms with Crippen molar-refractivity contribution in [1.82, 2.24) is 5.32 Å². The average molecular weight is 259 g/mol. The number of rotatable bonds is 5. The van der Waals surface area contributed by atoms with Crippen LogP contribution in [0.4, 0.5) is 0 Å². The maximum absolute atomic E-state index is 11.7. The highest BCUT2D eigenvalue weighted by molar-refractivity contribution is 7.93. The summed E-state index contributed by atoms with van der Waals surface area (Å²) >= 11 is 0. The molecule has 0 fully saturated rings. The average Bonchev–Trinajstić information content (AvgIpc) is 2.77. The molecule has 5 nitrogen and oxygen atoms in total. The first-order valence-electron chi connectivity index (χ1n) is 5.38. The second kappa shape index (κ2) is 5.35. The molecule has 0 unspecified atom stereocenters. The lowest BCUT2D eigenvalue weighted by Crippen LogP contribution is -2.40. The van der Waals surface area contributed by atoms with Crippen LogP contribution >= 0.6 is 0 Å². The lowest BCUT2D eigenvalue weighted by Gasteiger charge is -2.15. The largest absolute Gasteiger partial charge is 0.467 e. The van der Waals surface area contributed by atoms with Gasteiger partial charge in [-0.2, -0.15) is 0 Å². The lowest BCUT2D eigenvalue weighted by atomic mass is 10.4. The van der Waals surface area contributed by atoms with Crippen LogP contribution in [-0.4, -0.2) is 24.8 Å². The number of carbonyl (C=O) groups is 1. The van der Waals surface area contributed by atoms with Crippen molar-refractivity contribution in [1.29, 1.82) is 0 Å². The summed E-state index contributed by atoms with van der Waals surface area (Å²) in [6, 6.07) is 3.41. The molecular formula is C11H17NO4S. The van der Waals surface area contributed by atoms with Crippen molar-refractivity contribution in [3.63, 3.8) is 0 Å². The second-order valence-corrected chi connectivity index (χ2v) is 6.91. The Morgan fingerprint density at radius 3 is 2.53 bits per heavy atom. The number of hydrogen-bond donors (Lipinski definition) is 1. The minimum atomic E-state index is -3.41. The first kappa shape index (κ1) is 13.8. The second-order valence-electron chi connectivity index (χ2n) is 4.08. The van der Waals surface area contributed by atoms with Gasteiger partial charge in [-0.1, -0.05) is 0 Å². The Hall–Kier alpha value is -1.30. The number of hydrogen-bond acceptors (Lipinski definition) is 4. The SMILES string of the molecule is CC(C)S(=O)(=O)[C@H](C)C(=O)NCc1ccco1. The fraction of sp³-hybridized carbons (Fsp3) is 0.545. The molecule has 6 heteroatoms. The molecule has 96 valence electrons. The molecule has 1 rings (SSSR count). The molecule has 0 aromatic carbocycles. The van der Waals surface area contributed by atoms with Gasteiger partial charge < -0.3 is 9.73 Å². The van der Waals surface area contributed by atoms with Crippen LogP contribution in [0, 0.1) is 0 Å². The van der Waals surface area contributed by atoms with Crippen LogP contribution in [0.15, 0.2) is 22.8 Å². The summed E-state index contributed by atoms with van der Waals surface area (Å²) in [4.78, 5) is 11.7. The minimum absolute atomic E-state index is 0.198. The molecule has 1 N–H and O–H groups in total. The van der Waals surface area contributed by atoms with E-state index in [1.54, 1.807) is 26.0 Å². The van der Waals surface area contributed by atoms with E-state index < -0.39 is 26.2 Å². The molecule has 0 aliphatic rings. The van der Waals surface area contributed by atoms with Crippen molar-refractivity contribution in [2.75, 3.05) is 0 Å². The van der Waals surface area contributed by atoms with Crippen LogP contribution < -0.4 is 5.32 Å². The normalized spacial score (nSPS) is 13.6. The van der Waals surface area contributed by atoms with Gasteiger partial charge in [-0.15, -0.1) is 0 Å². The van der Waals surface area contributed by atoms with Gasteiger partial charge in [0.05, 0.1) is 18.1 Å². The summed E-state index contributed by atoms with van der Waals surface area (Å²) < 4.78 is 28.5. The monoisotopic (exact) mass is 259 g/mol. The predicted octanol–water partition coefficient (Wildman–Crippen LogP) is 1.11. The van der Waals surface area contributed by atoms with E-state index in [0.29, 0.717) is 5.76 Å². The highest BCUT2D eigenvalue weighted by Gasteiger charge is 2.30. The Bertz CT molecular complexity index is 462. The highest BCUT2D eigenvalue weighted by Crippen LogP contribution is 2.09. The molecular weight excluding hydrogens is 242 g/mol. The third kappa shape index (κ3) is 3.33. The van der Waals surface area contributed by atoms with Crippen molar-refractivity contribution in [2.45, 2.75) is 37.8 Å². The minimum Gasteiger partial charge on any atom is -0.467 e. The molecule has 0 saturated carbocycles. The predicted molar refractivity (Wildman–Crippen MR) is 64.1 cm³/mol. The fourth-order valence-corrected chi connectivity index (χ4v) is 2.49. The summed E-state index contributed by atoms with van der Waals surface area (Å²) in [5.41, 5.74) is 0. The van der Waals surface area contributed by atoms with Crippen LogP contribution in [-0.2, 0) is 21.2 Å². The zero-order valence-electron chi connectivity index (χ0n) is 10.1. The van der Waals surface area contributed by atoms with Crippen molar-refractivity contribution in [3.05, 3.63) is 24.2 Å². The third-order valence-electron chi connectivity index (χ3n) is 2.54. The van der Waals surface area contributed by atoms with Gasteiger partial charge in [0.25, 0.3) is 0 Å². The van der Waals surface area contributed by atoms with E-state index >= 15 is 0 Å². The number of nitrogens with one attached hydrogen (secondary N) is 1. The molecule has 0 saturated heterocycles. The number of sulfone groups is 1. The van der Waals surface area contributed by atoms with Gasteiger partial charge >= 0.3 is 0 Å². The molecule has 17 heavy (non-hydrogen) atoms. The molecule has 1 amide bonds. The maximum atomic E-state index is 11.7. The lowest BCUT2D eigenvalue weighted by molar-refractivity contribution is -0.120. The molecule has 1 aromatic heterocycles. The van der Waals surface area contributed by atoms with Gasteiger partial charge in [-0.05, 0) is 32.9 Å². The van der Waals surface area contributed by atoms with Crippen molar-refractivity contribution < 1.29 is 17.6 Å². The zero-order valence-corrected chi connectivity index (χ0v) is 11.0. The highest BCUT2D eigenvalue weighted by atomic mass is 32.2. The topological polar surface area (TPSA) is 76.4 Å². The van der Waals surface area contributed by atoms with Crippen LogP contribution in [0.1, 0.15) is 26.5 Å². The third-order valence-corrected chi connectivity index (χ3v) is 5.05. The van der Waals surface area contributed by atoms with Gasteiger partial charge in [-0.3, -0.25) is 4.79 Å².